The van der Waals surface area contributed by atoms with Gasteiger partial charge in [-0.05, 0) is 32.3 Å². The molecule has 1 heterocycles. The number of benzene rings is 1. The summed E-state index contributed by atoms with van der Waals surface area (Å²) in [6, 6.07) is 6.11. The molecule has 0 aliphatic carbocycles. The van der Waals surface area contributed by atoms with E-state index in [0.29, 0.717) is 0 Å². The number of hydrogen-bond donors (Lipinski definition) is 0. The lowest BCUT2D eigenvalue weighted by molar-refractivity contribution is 0.416. The number of ether oxygens (including phenoxy) is 1. The smallest absolute Gasteiger partial charge is 0.126 e. The van der Waals surface area contributed by atoms with Gasteiger partial charge in [-0.1, -0.05) is 0 Å². The molecule has 0 aliphatic rings. The molecule has 0 atom stereocenters. The van der Waals surface area contributed by atoms with Gasteiger partial charge in [0.25, 0.3) is 0 Å². The molecule has 19 heavy (non-hydrogen) atoms. The number of methoxy groups -OCH3 is 1. The minimum Gasteiger partial charge on any atom is -0.496 e. The molecule has 0 saturated carbocycles. The van der Waals surface area contributed by atoms with E-state index in [1.165, 1.54) is 5.69 Å². The largest absolute Gasteiger partial charge is 0.496 e. The molecular formula is C15H21N3O. The van der Waals surface area contributed by atoms with E-state index in [-0.39, 0.29) is 0 Å². The molecule has 0 radical (unpaired) electrons. The van der Waals surface area contributed by atoms with Crippen LogP contribution in [0.3, 0.4) is 0 Å². The Hall–Kier alpha value is -1.81. The van der Waals surface area contributed by atoms with Gasteiger partial charge in [0.05, 0.1) is 7.11 Å². The number of rotatable bonds is 5. The fraction of sp³-hybridized carbons (Fsp3) is 0.400. The highest BCUT2D eigenvalue weighted by Gasteiger charge is 2.09. The molecule has 0 amide bonds. The van der Waals surface area contributed by atoms with E-state index in [1.54, 1.807) is 13.3 Å². The molecule has 2 rings (SSSR count). The van der Waals surface area contributed by atoms with Crippen molar-refractivity contribution < 1.29 is 4.74 Å². The first kappa shape index (κ1) is 13.6. The topological polar surface area (TPSA) is 28.6 Å². The number of nitrogens with zero attached hydrogens (tertiary/aromatic N) is 3. The van der Waals surface area contributed by atoms with Crippen LogP contribution in [0, 0.1) is 0 Å². The van der Waals surface area contributed by atoms with Gasteiger partial charge < -0.3 is 14.5 Å². The Balaban J connectivity index is 2.38. The molecule has 4 nitrogen and oxygen atoms in total. The standard InChI is InChI=1S/C15H21N3O/c1-17(2)9-10-18(3)14-5-6-15(19-4)12-7-8-16-11-13(12)14/h5-8,11H,9-10H2,1-4H3. The SMILES string of the molecule is COc1ccc(N(C)CCN(C)C)c2cnccc12. The first-order chi connectivity index (χ1) is 9.13. The van der Waals surface area contributed by atoms with E-state index in [2.05, 4.69) is 42.0 Å². The maximum atomic E-state index is 5.41. The molecule has 1 aromatic carbocycles. The van der Waals surface area contributed by atoms with Crippen LogP contribution in [-0.2, 0) is 0 Å². The van der Waals surface area contributed by atoms with Crippen LogP contribution in [0.2, 0.25) is 0 Å². The van der Waals surface area contributed by atoms with Crippen molar-refractivity contribution in [3.05, 3.63) is 30.6 Å². The average Bonchev–Trinajstić information content (AvgIpc) is 2.43. The summed E-state index contributed by atoms with van der Waals surface area (Å²) in [6.45, 7) is 1.99. The Kier molecular flexibility index (Phi) is 4.22. The Morgan fingerprint density at radius 1 is 1.05 bits per heavy atom. The summed E-state index contributed by atoms with van der Waals surface area (Å²) in [4.78, 5) is 8.67. The third kappa shape index (κ3) is 2.96. The number of fused-ring (bicyclic) bond motifs is 1. The van der Waals surface area contributed by atoms with Crippen molar-refractivity contribution in [2.45, 2.75) is 0 Å². The Bertz CT molecular complexity index is 554. The number of aromatic nitrogens is 1. The average molecular weight is 259 g/mol. The molecule has 0 fully saturated rings. The minimum atomic E-state index is 0.891. The van der Waals surface area contributed by atoms with Crippen LogP contribution in [0.1, 0.15) is 0 Å². The number of anilines is 1. The predicted octanol–water partition coefficient (Wildman–Crippen LogP) is 2.24. The maximum Gasteiger partial charge on any atom is 0.126 e. The zero-order valence-corrected chi connectivity index (χ0v) is 12.1. The van der Waals surface area contributed by atoms with E-state index in [4.69, 9.17) is 4.74 Å². The van der Waals surface area contributed by atoms with Gasteiger partial charge in [-0.3, -0.25) is 4.98 Å². The van der Waals surface area contributed by atoms with Crippen LogP contribution >= 0.6 is 0 Å². The van der Waals surface area contributed by atoms with Crippen molar-refractivity contribution in [3.8, 4) is 5.75 Å². The van der Waals surface area contributed by atoms with Gasteiger partial charge in [0.1, 0.15) is 5.75 Å². The molecular weight excluding hydrogens is 238 g/mol. The first-order valence-electron chi connectivity index (χ1n) is 6.40. The highest BCUT2D eigenvalue weighted by molar-refractivity contribution is 5.97. The summed E-state index contributed by atoms with van der Waals surface area (Å²) in [7, 11) is 7.98. The number of hydrogen-bond acceptors (Lipinski definition) is 4. The Labute approximate surface area is 114 Å². The Morgan fingerprint density at radius 2 is 1.84 bits per heavy atom. The van der Waals surface area contributed by atoms with E-state index in [1.807, 2.05) is 18.3 Å². The quantitative estimate of drug-likeness (QED) is 0.823. The first-order valence-corrected chi connectivity index (χ1v) is 6.40. The van der Waals surface area contributed by atoms with E-state index in [0.717, 1.165) is 29.6 Å². The molecule has 0 saturated heterocycles. The zero-order valence-electron chi connectivity index (χ0n) is 12.1. The van der Waals surface area contributed by atoms with Gasteiger partial charge in [0, 0.05) is 49.0 Å². The fourth-order valence-electron chi connectivity index (χ4n) is 2.13. The van der Waals surface area contributed by atoms with Crippen molar-refractivity contribution in [2.75, 3.05) is 46.2 Å². The molecule has 4 heteroatoms. The van der Waals surface area contributed by atoms with Crippen LogP contribution in [-0.4, -0.2) is 51.2 Å². The molecule has 102 valence electrons. The van der Waals surface area contributed by atoms with Crippen molar-refractivity contribution in [3.63, 3.8) is 0 Å². The van der Waals surface area contributed by atoms with E-state index < -0.39 is 0 Å². The van der Waals surface area contributed by atoms with Gasteiger partial charge in [0.2, 0.25) is 0 Å². The normalized spacial score (nSPS) is 11.0. The van der Waals surface area contributed by atoms with Crippen LogP contribution in [0.4, 0.5) is 5.69 Å². The van der Waals surface area contributed by atoms with Crippen LogP contribution < -0.4 is 9.64 Å². The minimum absolute atomic E-state index is 0.891. The van der Waals surface area contributed by atoms with Crippen LogP contribution in [0.15, 0.2) is 30.6 Å². The third-order valence-corrected chi connectivity index (χ3v) is 3.27. The van der Waals surface area contributed by atoms with Gasteiger partial charge in [-0.15, -0.1) is 0 Å². The van der Waals surface area contributed by atoms with Crippen LogP contribution in [0.25, 0.3) is 10.8 Å². The van der Waals surface area contributed by atoms with Crippen molar-refractivity contribution >= 4 is 16.5 Å². The monoisotopic (exact) mass is 259 g/mol. The summed E-state index contributed by atoms with van der Waals surface area (Å²) in [5.74, 6) is 0.891. The summed E-state index contributed by atoms with van der Waals surface area (Å²) < 4.78 is 5.41. The summed E-state index contributed by atoms with van der Waals surface area (Å²) in [5.41, 5.74) is 1.19. The summed E-state index contributed by atoms with van der Waals surface area (Å²) >= 11 is 0. The van der Waals surface area contributed by atoms with E-state index >= 15 is 0 Å². The second-order valence-electron chi connectivity index (χ2n) is 4.93. The molecule has 1 aromatic heterocycles. The highest BCUT2D eigenvalue weighted by atomic mass is 16.5. The molecule has 2 aromatic rings. The highest BCUT2D eigenvalue weighted by Crippen LogP contribution is 2.32. The van der Waals surface area contributed by atoms with Crippen molar-refractivity contribution in [1.82, 2.24) is 9.88 Å². The molecule has 0 N–H and O–H groups in total. The lowest BCUT2D eigenvalue weighted by Crippen LogP contribution is -2.28. The molecule has 0 bridgehead atoms. The lowest BCUT2D eigenvalue weighted by Gasteiger charge is -2.23. The second-order valence-corrected chi connectivity index (χ2v) is 4.93. The lowest BCUT2D eigenvalue weighted by atomic mass is 10.1. The van der Waals surface area contributed by atoms with Crippen molar-refractivity contribution in [1.29, 1.82) is 0 Å². The zero-order chi connectivity index (χ0) is 13.8. The molecule has 0 spiro atoms. The fourth-order valence-corrected chi connectivity index (χ4v) is 2.13. The number of likely N-dealkylation sites (N-methyl/N-ethyl adjacent to an activating group) is 2. The van der Waals surface area contributed by atoms with Gasteiger partial charge in [0.15, 0.2) is 0 Å². The van der Waals surface area contributed by atoms with Crippen molar-refractivity contribution in [2.24, 2.45) is 0 Å². The summed E-state index contributed by atoms with van der Waals surface area (Å²) in [5, 5.41) is 2.23. The predicted molar refractivity (Wildman–Crippen MR) is 80.1 cm³/mol. The maximum absolute atomic E-state index is 5.41. The summed E-state index contributed by atoms with van der Waals surface area (Å²) in [6.07, 6.45) is 3.70. The molecule has 0 aliphatic heterocycles. The van der Waals surface area contributed by atoms with E-state index in [9.17, 15) is 0 Å². The van der Waals surface area contributed by atoms with Gasteiger partial charge in [-0.2, -0.15) is 0 Å². The molecule has 0 unspecified atom stereocenters. The second kappa shape index (κ2) is 5.89. The third-order valence-electron chi connectivity index (χ3n) is 3.27. The number of pyridine rings is 1. The van der Waals surface area contributed by atoms with Gasteiger partial charge in [-0.25, -0.2) is 0 Å². The van der Waals surface area contributed by atoms with Crippen LogP contribution in [0.5, 0.6) is 5.75 Å². The van der Waals surface area contributed by atoms with Gasteiger partial charge >= 0.3 is 0 Å². The Morgan fingerprint density at radius 3 is 2.53 bits per heavy atom.